The summed E-state index contributed by atoms with van der Waals surface area (Å²) in [6.45, 7) is 1.35. The molecule has 0 atom stereocenters. The van der Waals surface area contributed by atoms with Crippen molar-refractivity contribution in [3.8, 4) is 0 Å². The fourth-order valence-corrected chi connectivity index (χ4v) is 0.746. The Kier molecular flexibility index (Phi) is 6.80. The van der Waals surface area contributed by atoms with Gasteiger partial charge in [0.2, 0.25) is 0 Å². The van der Waals surface area contributed by atoms with Crippen molar-refractivity contribution in [3.63, 3.8) is 0 Å². The molecule has 0 amide bonds. The highest BCUT2D eigenvalue weighted by atomic mass is 127. The van der Waals surface area contributed by atoms with Gasteiger partial charge in [0, 0.05) is 4.43 Å². The van der Waals surface area contributed by atoms with Crippen LogP contribution in [-0.4, -0.2) is 11.1 Å². The Hall–Kier alpha value is 0.0700. The highest BCUT2D eigenvalue weighted by Crippen LogP contribution is 2.07. The third-order valence-corrected chi connectivity index (χ3v) is 2.25. The zero-order valence-corrected chi connectivity index (χ0v) is 8.57. The van der Waals surface area contributed by atoms with Crippen LogP contribution in [0.3, 0.4) is 0 Å². The number of rotatable bonds is 4. The van der Waals surface area contributed by atoms with Crippen molar-refractivity contribution in [2.75, 3.05) is 11.1 Å². The maximum atomic E-state index is 12.6. The Morgan fingerprint density at radius 2 is 2.18 bits per heavy atom. The molecular formula is C8H11F2I. The molecule has 0 bridgehead atoms. The third kappa shape index (κ3) is 6.47. The Morgan fingerprint density at radius 3 is 2.64 bits per heavy atom. The van der Waals surface area contributed by atoms with Crippen LogP contribution in [-0.2, 0) is 0 Å². The zero-order valence-electron chi connectivity index (χ0n) is 6.41. The Balaban J connectivity index is 3.93. The molecule has 0 unspecified atom stereocenters. The van der Waals surface area contributed by atoms with E-state index in [1.807, 2.05) is 6.92 Å². The molecule has 0 rings (SSSR count). The van der Waals surface area contributed by atoms with Gasteiger partial charge in [0.1, 0.15) is 5.83 Å². The minimum absolute atomic E-state index is 0.164. The van der Waals surface area contributed by atoms with Crippen molar-refractivity contribution in [2.24, 2.45) is 0 Å². The molecule has 3 heteroatoms. The normalized spacial score (nSPS) is 13.8. The number of hydrogen-bond donors (Lipinski definition) is 0. The molecule has 0 aromatic heterocycles. The standard InChI is InChI=1S/C8H11F2I/c1-7(6-11)5-8(10)3-2-4-9/h3,5H,2,4,6H2,1H3/b7-5-,8-3-. The second-order valence-electron chi connectivity index (χ2n) is 2.19. The lowest BCUT2D eigenvalue weighted by atomic mass is 10.3. The van der Waals surface area contributed by atoms with Crippen LogP contribution in [0.15, 0.2) is 23.6 Å². The lowest BCUT2D eigenvalue weighted by Gasteiger charge is -1.91. The zero-order chi connectivity index (χ0) is 8.69. The fourth-order valence-electron chi connectivity index (χ4n) is 0.525. The Bertz CT molecular complexity index is 161. The first-order valence-corrected chi connectivity index (χ1v) is 4.88. The van der Waals surface area contributed by atoms with Crippen molar-refractivity contribution in [2.45, 2.75) is 13.3 Å². The third-order valence-electron chi connectivity index (χ3n) is 1.04. The molecule has 0 aliphatic rings. The van der Waals surface area contributed by atoms with Crippen LogP contribution < -0.4 is 0 Å². The monoisotopic (exact) mass is 272 g/mol. The van der Waals surface area contributed by atoms with Crippen molar-refractivity contribution in [1.82, 2.24) is 0 Å². The number of allylic oxidation sites excluding steroid dienone is 4. The van der Waals surface area contributed by atoms with E-state index in [1.165, 1.54) is 12.2 Å². The fraction of sp³-hybridized carbons (Fsp3) is 0.500. The van der Waals surface area contributed by atoms with Crippen molar-refractivity contribution >= 4 is 22.6 Å². The summed E-state index contributed by atoms with van der Waals surface area (Å²) in [5, 5.41) is 0. The average molecular weight is 272 g/mol. The highest BCUT2D eigenvalue weighted by molar-refractivity contribution is 14.1. The minimum Gasteiger partial charge on any atom is -0.251 e. The van der Waals surface area contributed by atoms with E-state index < -0.39 is 6.67 Å². The molecule has 0 fully saturated rings. The van der Waals surface area contributed by atoms with Gasteiger partial charge in [0.25, 0.3) is 0 Å². The van der Waals surface area contributed by atoms with Crippen LogP contribution in [0.1, 0.15) is 13.3 Å². The predicted molar refractivity (Wildman–Crippen MR) is 52.4 cm³/mol. The Morgan fingerprint density at radius 1 is 1.55 bits per heavy atom. The number of hydrogen-bond acceptors (Lipinski definition) is 0. The van der Waals surface area contributed by atoms with E-state index >= 15 is 0 Å². The molecule has 64 valence electrons. The molecule has 0 heterocycles. The van der Waals surface area contributed by atoms with Crippen LogP contribution in [0, 0.1) is 0 Å². The summed E-state index contributed by atoms with van der Waals surface area (Å²) in [6.07, 6.45) is 2.86. The van der Waals surface area contributed by atoms with Gasteiger partial charge in [-0.3, -0.25) is 4.39 Å². The molecule has 0 saturated heterocycles. The largest absolute Gasteiger partial charge is 0.251 e. The molecule has 0 saturated carbocycles. The van der Waals surface area contributed by atoms with Gasteiger partial charge in [-0.25, -0.2) is 4.39 Å². The number of alkyl halides is 2. The Labute approximate surface area is 79.5 Å². The minimum atomic E-state index is -0.495. The van der Waals surface area contributed by atoms with Crippen molar-refractivity contribution in [1.29, 1.82) is 0 Å². The summed E-state index contributed by atoms with van der Waals surface area (Å²) in [6, 6.07) is 0. The van der Waals surface area contributed by atoms with Gasteiger partial charge in [-0.15, -0.1) is 0 Å². The lowest BCUT2D eigenvalue weighted by molar-refractivity contribution is 0.497. The first kappa shape index (κ1) is 11.1. The van der Waals surface area contributed by atoms with Crippen molar-refractivity contribution in [3.05, 3.63) is 23.6 Å². The first-order chi connectivity index (χ1) is 5.20. The molecule has 11 heavy (non-hydrogen) atoms. The SMILES string of the molecule is C/C(=C/C(F)=C/CCF)CI. The van der Waals surface area contributed by atoms with Crippen LogP contribution in [0.25, 0.3) is 0 Å². The van der Waals surface area contributed by atoms with Crippen LogP contribution >= 0.6 is 22.6 Å². The van der Waals surface area contributed by atoms with Crippen LogP contribution in [0.5, 0.6) is 0 Å². The van der Waals surface area contributed by atoms with E-state index in [4.69, 9.17) is 0 Å². The van der Waals surface area contributed by atoms with E-state index in [2.05, 4.69) is 22.6 Å². The van der Waals surface area contributed by atoms with Gasteiger partial charge in [-0.05, 0) is 25.5 Å². The smallest absolute Gasteiger partial charge is 0.119 e. The van der Waals surface area contributed by atoms with Gasteiger partial charge in [-0.2, -0.15) is 0 Å². The molecule has 0 radical (unpaired) electrons. The van der Waals surface area contributed by atoms with Gasteiger partial charge in [0.05, 0.1) is 6.67 Å². The second kappa shape index (κ2) is 6.76. The summed E-state index contributed by atoms with van der Waals surface area (Å²) in [5.41, 5.74) is 0.957. The molecule has 0 aliphatic carbocycles. The van der Waals surface area contributed by atoms with E-state index in [-0.39, 0.29) is 12.2 Å². The summed E-state index contributed by atoms with van der Waals surface area (Å²) >= 11 is 2.15. The molecular weight excluding hydrogens is 261 g/mol. The molecule has 0 nitrogen and oxygen atoms in total. The molecule has 0 aromatic carbocycles. The molecule has 0 spiro atoms. The van der Waals surface area contributed by atoms with E-state index in [0.717, 1.165) is 10.0 Å². The molecule has 0 aromatic rings. The quantitative estimate of drug-likeness (QED) is 0.417. The van der Waals surface area contributed by atoms with Crippen LogP contribution in [0.4, 0.5) is 8.78 Å². The second-order valence-corrected chi connectivity index (χ2v) is 2.95. The van der Waals surface area contributed by atoms with E-state index in [0.29, 0.717) is 0 Å². The van der Waals surface area contributed by atoms with Gasteiger partial charge >= 0.3 is 0 Å². The van der Waals surface area contributed by atoms with Gasteiger partial charge in [0.15, 0.2) is 0 Å². The number of halogens is 3. The van der Waals surface area contributed by atoms with Gasteiger partial charge in [-0.1, -0.05) is 28.2 Å². The molecule has 0 aliphatic heterocycles. The summed E-state index contributed by atoms with van der Waals surface area (Å²) in [7, 11) is 0. The summed E-state index contributed by atoms with van der Waals surface area (Å²) in [5.74, 6) is -0.336. The topological polar surface area (TPSA) is 0 Å². The maximum absolute atomic E-state index is 12.6. The van der Waals surface area contributed by atoms with Crippen molar-refractivity contribution < 1.29 is 8.78 Å². The molecule has 0 N–H and O–H groups in total. The predicted octanol–water partition coefficient (Wildman–Crippen LogP) is 3.58. The summed E-state index contributed by atoms with van der Waals surface area (Å²) in [4.78, 5) is 0. The average Bonchev–Trinajstić information content (AvgIpc) is 2.00. The van der Waals surface area contributed by atoms with Gasteiger partial charge < -0.3 is 0 Å². The summed E-state index contributed by atoms with van der Waals surface area (Å²) < 4.78 is 25.0. The first-order valence-electron chi connectivity index (χ1n) is 3.35. The highest BCUT2D eigenvalue weighted by Gasteiger charge is 1.90. The van der Waals surface area contributed by atoms with E-state index in [9.17, 15) is 8.78 Å². The maximum Gasteiger partial charge on any atom is 0.119 e. The lowest BCUT2D eigenvalue weighted by Crippen LogP contribution is -1.77. The van der Waals surface area contributed by atoms with E-state index in [1.54, 1.807) is 0 Å². The van der Waals surface area contributed by atoms with Crippen LogP contribution in [0.2, 0.25) is 0 Å².